The second kappa shape index (κ2) is 5.55. The molecule has 1 atom stereocenters. The van der Waals surface area contributed by atoms with Gasteiger partial charge in [-0.05, 0) is 20.8 Å². The van der Waals surface area contributed by atoms with E-state index in [0.29, 0.717) is 0 Å². The molecule has 0 aromatic carbocycles. The zero-order valence-corrected chi connectivity index (χ0v) is 9.49. The molecule has 2 amide bonds. The van der Waals surface area contributed by atoms with Crippen LogP contribution in [0.5, 0.6) is 0 Å². The van der Waals surface area contributed by atoms with Crippen LogP contribution in [-0.4, -0.2) is 37.4 Å². The number of amides is 2. The van der Waals surface area contributed by atoms with E-state index in [1.165, 1.54) is 7.11 Å². The van der Waals surface area contributed by atoms with Gasteiger partial charge >= 0.3 is 6.09 Å². The minimum absolute atomic E-state index is 0.000741. The third-order valence-corrected chi connectivity index (χ3v) is 1.43. The first-order valence-corrected chi connectivity index (χ1v) is 4.55. The van der Waals surface area contributed by atoms with E-state index in [1.807, 2.05) is 0 Å². The molecule has 6 nitrogen and oxygen atoms in total. The molecule has 0 aliphatic heterocycles. The lowest BCUT2D eigenvalue weighted by molar-refractivity contribution is -0.127. The van der Waals surface area contributed by atoms with Crippen molar-refractivity contribution in [2.24, 2.45) is 5.73 Å². The van der Waals surface area contributed by atoms with Crippen LogP contribution >= 0.6 is 0 Å². The van der Waals surface area contributed by atoms with Crippen molar-refractivity contribution < 1.29 is 19.1 Å². The van der Waals surface area contributed by atoms with Crippen molar-refractivity contribution in [3.8, 4) is 0 Å². The van der Waals surface area contributed by atoms with E-state index in [9.17, 15) is 9.59 Å². The number of carbonyl (C=O) groups is 2. The topological polar surface area (TPSA) is 90.7 Å². The molecule has 0 saturated heterocycles. The Labute approximate surface area is 89.1 Å². The highest BCUT2D eigenvalue weighted by atomic mass is 16.6. The average Bonchev–Trinajstić information content (AvgIpc) is 2.01. The predicted octanol–water partition coefficient (Wildman–Crippen LogP) is 0.0114. The van der Waals surface area contributed by atoms with Crippen molar-refractivity contribution in [1.29, 1.82) is 0 Å². The fourth-order valence-corrected chi connectivity index (χ4v) is 0.790. The van der Waals surface area contributed by atoms with Crippen molar-refractivity contribution in [3.63, 3.8) is 0 Å². The standard InChI is InChI=1S/C9H18N2O4/c1-9(2,3)15-8(13)11-5-6(14-4)7(10)12/h6H,5H2,1-4H3,(H2,10,12)(H,11,13)/t6-/m0/s1. The fourth-order valence-electron chi connectivity index (χ4n) is 0.790. The maximum atomic E-state index is 11.2. The quantitative estimate of drug-likeness (QED) is 0.695. The van der Waals surface area contributed by atoms with E-state index in [-0.39, 0.29) is 6.54 Å². The van der Waals surface area contributed by atoms with Crippen molar-refractivity contribution >= 4 is 12.0 Å². The maximum Gasteiger partial charge on any atom is 0.407 e. The third-order valence-electron chi connectivity index (χ3n) is 1.43. The van der Waals surface area contributed by atoms with Gasteiger partial charge in [-0.15, -0.1) is 0 Å². The third kappa shape index (κ3) is 6.73. The SMILES string of the molecule is CO[C@@H](CNC(=O)OC(C)(C)C)C(N)=O. The van der Waals surface area contributed by atoms with Gasteiger partial charge in [0.2, 0.25) is 5.91 Å². The molecule has 0 aliphatic rings. The summed E-state index contributed by atoms with van der Waals surface area (Å²) in [5, 5.41) is 2.38. The number of ether oxygens (including phenoxy) is 2. The van der Waals surface area contributed by atoms with Gasteiger partial charge in [0, 0.05) is 7.11 Å². The Morgan fingerprint density at radius 3 is 2.27 bits per heavy atom. The van der Waals surface area contributed by atoms with Gasteiger partial charge in [-0.1, -0.05) is 0 Å². The molecule has 0 radical (unpaired) electrons. The molecule has 0 aliphatic carbocycles. The minimum atomic E-state index is -0.836. The number of alkyl carbamates (subject to hydrolysis) is 1. The van der Waals surface area contributed by atoms with Gasteiger partial charge in [0.25, 0.3) is 0 Å². The number of carbonyl (C=O) groups excluding carboxylic acids is 2. The van der Waals surface area contributed by atoms with Crippen LogP contribution in [0.15, 0.2) is 0 Å². The van der Waals surface area contributed by atoms with Gasteiger partial charge in [0.15, 0.2) is 6.10 Å². The Kier molecular flexibility index (Phi) is 5.07. The number of nitrogens with one attached hydrogen (secondary N) is 1. The van der Waals surface area contributed by atoms with Crippen LogP contribution in [0.1, 0.15) is 20.8 Å². The molecule has 0 aromatic rings. The summed E-state index contributed by atoms with van der Waals surface area (Å²) in [4.78, 5) is 21.9. The van der Waals surface area contributed by atoms with Gasteiger partial charge in [-0.25, -0.2) is 4.79 Å². The van der Waals surface area contributed by atoms with E-state index >= 15 is 0 Å². The van der Waals surface area contributed by atoms with Crippen LogP contribution in [0.25, 0.3) is 0 Å². The van der Waals surface area contributed by atoms with E-state index < -0.39 is 23.7 Å². The highest BCUT2D eigenvalue weighted by Gasteiger charge is 2.19. The monoisotopic (exact) mass is 218 g/mol. The normalized spacial score (nSPS) is 13.1. The highest BCUT2D eigenvalue weighted by Crippen LogP contribution is 2.06. The Balaban J connectivity index is 3.94. The molecular weight excluding hydrogens is 200 g/mol. The number of methoxy groups -OCH3 is 1. The lowest BCUT2D eigenvalue weighted by Gasteiger charge is -2.20. The van der Waals surface area contributed by atoms with E-state index in [4.69, 9.17) is 15.2 Å². The number of hydrogen-bond donors (Lipinski definition) is 2. The van der Waals surface area contributed by atoms with Crippen LogP contribution in [0.4, 0.5) is 4.79 Å². The van der Waals surface area contributed by atoms with Gasteiger partial charge in [0.1, 0.15) is 5.60 Å². The van der Waals surface area contributed by atoms with Crippen LogP contribution in [-0.2, 0) is 14.3 Å². The maximum absolute atomic E-state index is 11.2. The summed E-state index contributed by atoms with van der Waals surface area (Å²) in [6, 6.07) is 0. The summed E-state index contributed by atoms with van der Waals surface area (Å²) in [6.07, 6.45) is -1.44. The molecular formula is C9H18N2O4. The second-order valence-electron chi connectivity index (χ2n) is 4.01. The number of hydrogen-bond acceptors (Lipinski definition) is 4. The molecule has 0 saturated carbocycles. The molecule has 0 fully saturated rings. The number of primary amides is 1. The zero-order valence-electron chi connectivity index (χ0n) is 9.49. The molecule has 0 rings (SSSR count). The van der Waals surface area contributed by atoms with Crippen LogP contribution < -0.4 is 11.1 Å². The fraction of sp³-hybridized carbons (Fsp3) is 0.778. The smallest absolute Gasteiger partial charge is 0.407 e. The molecule has 15 heavy (non-hydrogen) atoms. The summed E-state index contributed by atoms with van der Waals surface area (Å²) in [6.45, 7) is 5.23. The summed E-state index contributed by atoms with van der Waals surface area (Å²) in [5.74, 6) is -0.631. The average molecular weight is 218 g/mol. The Hall–Kier alpha value is -1.30. The number of nitrogens with two attached hydrogens (primary N) is 1. The Morgan fingerprint density at radius 2 is 1.93 bits per heavy atom. The molecule has 6 heteroatoms. The molecule has 3 N–H and O–H groups in total. The lowest BCUT2D eigenvalue weighted by Crippen LogP contribution is -2.42. The van der Waals surface area contributed by atoms with Crippen LogP contribution in [0, 0.1) is 0 Å². The molecule has 0 aromatic heterocycles. The Bertz CT molecular complexity index is 235. The summed E-state index contributed by atoms with van der Waals surface area (Å²) >= 11 is 0. The van der Waals surface area contributed by atoms with Crippen molar-refractivity contribution in [2.75, 3.05) is 13.7 Å². The van der Waals surface area contributed by atoms with Gasteiger partial charge < -0.3 is 20.5 Å². The molecule has 0 unspecified atom stereocenters. The summed E-state index contributed by atoms with van der Waals surface area (Å²) < 4.78 is 9.70. The van der Waals surface area contributed by atoms with Gasteiger partial charge in [-0.2, -0.15) is 0 Å². The zero-order chi connectivity index (χ0) is 12.1. The summed E-state index contributed by atoms with van der Waals surface area (Å²) in [5.41, 5.74) is 4.43. The van der Waals surface area contributed by atoms with Crippen LogP contribution in [0.2, 0.25) is 0 Å². The van der Waals surface area contributed by atoms with Crippen molar-refractivity contribution in [1.82, 2.24) is 5.32 Å². The predicted molar refractivity (Wildman–Crippen MR) is 54.2 cm³/mol. The molecule has 0 bridgehead atoms. The van der Waals surface area contributed by atoms with Crippen LogP contribution in [0.3, 0.4) is 0 Å². The molecule has 88 valence electrons. The van der Waals surface area contributed by atoms with Gasteiger partial charge in [-0.3, -0.25) is 4.79 Å². The van der Waals surface area contributed by atoms with E-state index in [2.05, 4.69) is 5.32 Å². The lowest BCUT2D eigenvalue weighted by atomic mass is 10.2. The first-order chi connectivity index (χ1) is 6.76. The highest BCUT2D eigenvalue weighted by molar-refractivity contribution is 5.80. The van der Waals surface area contributed by atoms with E-state index in [0.717, 1.165) is 0 Å². The largest absolute Gasteiger partial charge is 0.444 e. The van der Waals surface area contributed by atoms with Gasteiger partial charge in [0.05, 0.1) is 6.54 Å². The molecule has 0 spiro atoms. The van der Waals surface area contributed by atoms with Crippen molar-refractivity contribution in [2.45, 2.75) is 32.5 Å². The first kappa shape index (κ1) is 13.7. The second-order valence-corrected chi connectivity index (χ2v) is 4.01. The minimum Gasteiger partial charge on any atom is -0.444 e. The summed E-state index contributed by atoms with van der Waals surface area (Å²) in [7, 11) is 1.34. The Morgan fingerprint density at radius 1 is 1.40 bits per heavy atom. The van der Waals surface area contributed by atoms with E-state index in [1.54, 1.807) is 20.8 Å². The number of rotatable bonds is 4. The molecule has 0 heterocycles. The van der Waals surface area contributed by atoms with Crippen molar-refractivity contribution in [3.05, 3.63) is 0 Å². The first-order valence-electron chi connectivity index (χ1n) is 4.55.